The van der Waals surface area contributed by atoms with E-state index in [1.54, 1.807) is 17.0 Å². The molecule has 0 unspecified atom stereocenters. The number of fused-ring (bicyclic) bond motifs is 2. The number of hydrogen-bond donors (Lipinski definition) is 1. The SMILES string of the molecule is CCn1c(CNC(=O)[C@@H]2CC(=O)N(c3ccc4c(c3)OCCO4)C2)nc2ccccc21. The number of imidazole rings is 1. The second-order valence-electron chi connectivity index (χ2n) is 7.71. The lowest BCUT2D eigenvalue weighted by atomic mass is 10.1. The Morgan fingerprint density at radius 2 is 1.97 bits per heavy atom. The molecule has 0 aliphatic carbocycles. The van der Waals surface area contributed by atoms with Gasteiger partial charge in [-0.15, -0.1) is 0 Å². The van der Waals surface area contributed by atoms with Gasteiger partial charge in [-0.25, -0.2) is 4.98 Å². The van der Waals surface area contributed by atoms with E-state index in [2.05, 4.69) is 21.8 Å². The van der Waals surface area contributed by atoms with Crippen molar-refractivity contribution in [1.29, 1.82) is 0 Å². The molecule has 1 fully saturated rings. The molecule has 0 saturated carbocycles. The molecule has 3 heterocycles. The van der Waals surface area contributed by atoms with E-state index in [0.717, 1.165) is 29.1 Å². The monoisotopic (exact) mass is 420 g/mol. The van der Waals surface area contributed by atoms with Crippen LogP contribution >= 0.6 is 0 Å². The number of nitrogens with one attached hydrogen (secondary N) is 1. The number of carbonyl (C=O) groups excluding carboxylic acids is 2. The zero-order valence-electron chi connectivity index (χ0n) is 17.3. The summed E-state index contributed by atoms with van der Waals surface area (Å²) in [6.45, 7) is 4.50. The third-order valence-corrected chi connectivity index (χ3v) is 5.80. The number of aromatic nitrogens is 2. The number of hydrogen-bond acceptors (Lipinski definition) is 5. The van der Waals surface area contributed by atoms with Crippen LogP contribution in [0.4, 0.5) is 5.69 Å². The highest BCUT2D eigenvalue weighted by Gasteiger charge is 2.35. The van der Waals surface area contributed by atoms with E-state index in [1.807, 2.05) is 30.3 Å². The van der Waals surface area contributed by atoms with Crippen LogP contribution in [0.2, 0.25) is 0 Å². The first kappa shape index (κ1) is 19.4. The van der Waals surface area contributed by atoms with Gasteiger partial charge in [-0.05, 0) is 31.2 Å². The molecular weight excluding hydrogens is 396 g/mol. The van der Waals surface area contributed by atoms with Gasteiger partial charge in [-0.2, -0.15) is 0 Å². The van der Waals surface area contributed by atoms with Gasteiger partial charge in [0.05, 0.1) is 23.5 Å². The smallest absolute Gasteiger partial charge is 0.227 e. The molecule has 2 amide bonds. The van der Waals surface area contributed by atoms with E-state index >= 15 is 0 Å². The Morgan fingerprint density at radius 1 is 1.16 bits per heavy atom. The van der Waals surface area contributed by atoms with E-state index in [0.29, 0.717) is 37.8 Å². The van der Waals surface area contributed by atoms with Crippen LogP contribution in [0.1, 0.15) is 19.2 Å². The topological polar surface area (TPSA) is 85.7 Å². The van der Waals surface area contributed by atoms with Crippen LogP contribution < -0.4 is 19.7 Å². The van der Waals surface area contributed by atoms with Crippen LogP contribution in [-0.4, -0.2) is 41.1 Å². The summed E-state index contributed by atoms with van der Waals surface area (Å²) in [4.78, 5) is 31.7. The average Bonchev–Trinajstić information content (AvgIpc) is 3.37. The maximum Gasteiger partial charge on any atom is 0.227 e. The predicted octanol–water partition coefficient (Wildman–Crippen LogP) is 2.50. The van der Waals surface area contributed by atoms with Crippen molar-refractivity contribution in [2.24, 2.45) is 5.92 Å². The molecule has 0 bridgehead atoms. The van der Waals surface area contributed by atoms with Gasteiger partial charge in [0.2, 0.25) is 11.8 Å². The summed E-state index contributed by atoms with van der Waals surface area (Å²) in [6.07, 6.45) is 0.185. The summed E-state index contributed by atoms with van der Waals surface area (Å²) >= 11 is 0. The van der Waals surface area contributed by atoms with Gasteiger partial charge in [0.15, 0.2) is 11.5 Å². The molecule has 2 aliphatic rings. The van der Waals surface area contributed by atoms with Gasteiger partial charge in [0, 0.05) is 31.3 Å². The second kappa shape index (κ2) is 7.94. The highest BCUT2D eigenvalue weighted by molar-refractivity contribution is 6.00. The minimum Gasteiger partial charge on any atom is -0.486 e. The summed E-state index contributed by atoms with van der Waals surface area (Å²) in [5.41, 5.74) is 2.68. The van der Waals surface area contributed by atoms with Crippen LogP contribution in [0, 0.1) is 5.92 Å². The molecule has 8 heteroatoms. The lowest BCUT2D eigenvalue weighted by Gasteiger charge is -2.22. The highest BCUT2D eigenvalue weighted by Crippen LogP contribution is 2.36. The van der Waals surface area contributed by atoms with Gasteiger partial charge in [-0.3, -0.25) is 9.59 Å². The van der Waals surface area contributed by atoms with Crippen molar-refractivity contribution in [3.05, 3.63) is 48.3 Å². The fourth-order valence-electron chi connectivity index (χ4n) is 4.26. The molecule has 0 spiro atoms. The standard InChI is InChI=1S/C23H24N4O4/c1-2-26-18-6-4-3-5-17(18)25-21(26)13-24-23(29)15-11-22(28)27(14-15)16-7-8-19-20(12-16)31-10-9-30-19/h3-8,12,15H,2,9-11,13-14H2,1H3,(H,24,29)/t15-/m1/s1. The van der Waals surface area contributed by atoms with Crippen molar-refractivity contribution in [2.45, 2.75) is 26.4 Å². The molecule has 2 aliphatic heterocycles. The zero-order valence-corrected chi connectivity index (χ0v) is 17.3. The number of amides is 2. The Labute approximate surface area is 179 Å². The van der Waals surface area contributed by atoms with Gasteiger partial charge in [0.25, 0.3) is 0 Å². The Kier molecular flexibility index (Phi) is 4.97. The van der Waals surface area contributed by atoms with Gasteiger partial charge >= 0.3 is 0 Å². The normalized spacial score (nSPS) is 17.9. The van der Waals surface area contributed by atoms with Crippen molar-refractivity contribution in [1.82, 2.24) is 14.9 Å². The number of nitrogens with zero attached hydrogens (tertiary/aromatic N) is 3. The fraction of sp³-hybridized carbons (Fsp3) is 0.348. The fourth-order valence-corrected chi connectivity index (χ4v) is 4.26. The van der Waals surface area contributed by atoms with Crippen molar-refractivity contribution >= 4 is 28.5 Å². The van der Waals surface area contributed by atoms with E-state index in [-0.39, 0.29) is 18.2 Å². The summed E-state index contributed by atoms with van der Waals surface area (Å²) < 4.78 is 13.3. The minimum atomic E-state index is -0.403. The molecule has 3 aromatic rings. The van der Waals surface area contributed by atoms with E-state index in [9.17, 15) is 9.59 Å². The summed E-state index contributed by atoms with van der Waals surface area (Å²) in [5.74, 6) is 1.50. The van der Waals surface area contributed by atoms with Crippen molar-refractivity contribution in [3.63, 3.8) is 0 Å². The third kappa shape index (κ3) is 3.58. The maximum absolute atomic E-state index is 12.8. The molecule has 5 rings (SSSR count). The Bertz CT molecular complexity index is 1160. The maximum atomic E-state index is 12.8. The first-order chi connectivity index (χ1) is 15.1. The number of ether oxygens (including phenoxy) is 2. The van der Waals surface area contributed by atoms with Gasteiger partial charge < -0.3 is 24.3 Å². The summed E-state index contributed by atoms with van der Waals surface area (Å²) in [5, 5.41) is 2.97. The van der Waals surface area contributed by atoms with Crippen LogP contribution in [0.3, 0.4) is 0 Å². The van der Waals surface area contributed by atoms with Crippen LogP contribution in [-0.2, 0) is 22.7 Å². The van der Waals surface area contributed by atoms with E-state index in [1.165, 1.54) is 0 Å². The zero-order chi connectivity index (χ0) is 21.4. The highest BCUT2D eigenvalue weighted by atomic mass is 16.6. The predicted molar refractivity (Wildman–Crippen MR) is 115 cm³/mol. The van der Waals surface area contributed by atoms with Crippen LogP contribution in [0.25, 0.3) is 11.0 Å². The Balaban J connectivity index is 1.27. The van der Waals surface area contributed by atoms with Crippen molar-refractivity contribution in [3.8, 4) is 11.5 Å². The molecule has 1 saturated heterocycles. The Morgan fingerprint density at radius 3 is 2.81 bits per heavy atom. The molecule has 2 aromatic carbocycles. The molecule has 1 N–H and O–H groups in total. The minimum absolute atomic E-state index is 0.0716. The molecule has 8 nitrogen and oxygen atoms in total. The number of para-hydroxylation sites is 2. The van der Waals surface area contributed by atoms with Crippen LogP contribution in [0.5, 0.6) is 11.5 Å². The van der Waals surface area contributed by atoms with Gasteiger partial charge in [0.1, 0.15) is 19.0 Å². The number of anilines is 1. The summed E-state index contributed by atoms with van der Waals surface area (Å²) in [6, 6.07) is 13.4. The largest absolute Gasteiger partial charge is 0.486 e. The number of rotatable bonds is 5. The first-order valence-corrected chi connectivity index (χ1v) is 10.6. The third-order valence-electron chi connectivity index (χ3n) is 5.80. The van der Waals surface area contributed by atoms with E-state index in [4.69, 9.17) is 9.47 Å². The number of benzene rings is 2. The van der Waals surface area contributed by atoms with Gasteiger partial charge in [-0.1, -0.05) is 12.1 Å². The first-order valence-electron chi connectivity index (χ1n) is 10.6. The van der Waals surface area contributed by atoms with Crippen LogP contribution in [0.15, 0.2) is 42.5 Å². The lowest BCUT2D eigenvalue weighted by molar-refractivity contribution is -0.126. The second-order valence-corrected chi connectivity index (χ2v) is 7.71. The molecule has 160 valence electrons. The summed E-state index contributed by atoms with van der Waals surface area (Å²) in [7, 11) is 0. The quantitative estimate of drug-likeness (QED) is 0.686. The average molecular weight is 420 g/mol. The molecule has 1 atom stereocenters. The molecular formula is C23H24N4O4. The number of aryl methyl sites for hydroxylation is 1. The molecule has 31 heavy (non-hydrogen) atoms. The van der Waals surface area contributed by atoms with Crippen molar-refractivity contribution < 1.29 is 19.1 Å². The number of carbonyl (C=O) groups is 2. The molecule has 0 radical (unpaired) electrons. The molecule has 1 aromatic heterocycles. The Hall–Kier alpha value is -3.55. The lowest BCUT2D eigenvalue weighted by Crippen LogP contribution is -2.33. The van der Waals surface area contributed by atoms with Crippen molar-refractivity contribution in [2.75, 3.05) is 24.7 Å². The van der Waals surface area contributed by atoms with E-state index < -0.39 is 5.92 Å².